The number of hydrogen-bond acceptors (Lipinski definition) is 4. The smallest absolute Gasteiger partial charge is 0.243 e. The zero-order chi connectivity index (χ0) is 18.4. The van der Waals surface area contributed by atoms with E-state index in [1.807, 2.05) is 58.0 Å². The minimum absolute atomic E-state index is 0.0345. The van der Waals surface area contributed by atoms with Crippen molar-refractivity contribution in [3.63, 3.8) is 0 Å². The number of nitrogens with zero attached hydrogens (tertiary/aromatic N) is 1. The number of aryl methyl sites for hydroxylation is 2. The van der Waals surface area contributed by atoms with Gasteiger partial charge < -0.3 is 15.1 Å². The number of aromatic nitrogens is 1. The summed E-state index contributed by atoms with van der Waals surface area (Å²) in [5, 5.41) is 5.60. The Morgan fingerprint density at radius 1 is 1.16 bits per heavy atom. The molecule has 2 N–H and O–H groups in total. The van der Waals surface area contributed by atoms with E-state index >= 15 is 0 Å². The van der Waals surface area contributed by atoms with Crippen molar-refractivity contribution in [3.8, 4) is 0 Å². The van der Waals surface area contributed by atoms with Crippen LogP contribution in [-0.2, 0) is 22.6 Å². The molecular formula is C19H25N3O3. The molecule has 1 aromatic carbocycles. The van der Waals surface area contributed by atoms with Gasteiger partial charge in [0.15, 0.2) is 0 Å². The van der Waals surface area contributed by atoms with E-state index in [4.69, 9.17) is 4.42 Å². The molecule has 1 aromatic heterocycles. The van der Waals surface area contributed by atoms with Gasteiger partial charge in [-0.05, 0) is 25.3 Å². The van der Waals surface area contributed by atoms with Crippen molar-refractivity contribution in [1.82, 2.24) is 15.6 Å². The molecule has 6 nitrogen and oxygen atoms in total. The van der Waals surface area contributed by atoms with Gasteiger partial charge in [-0.25, -0.2) is 4.98 Å². The first-order valence-electron chi connectivity index (χ1n) is 8.40. The Labute approximate surface area is 148 Å². The molecular weight excluding hydrogens is 318 g/mol. The van der Waals surface area contributed by atoms with Crippen LogP contribution < -0.4 is 10.6 Å². The quantitative estimate of drug-likeness (QED) is 0.808. The predicted octanol–water partition coefficient (Wildman–Crippen LogP) is 2.29. The molecule has 1 unspecified atom stereocenters. The van der Waals surface area contributed by atoms with Crippen molar-refractivity contribution < 1.29 is 14.0 Å². The average molecular weight is 343 g/mol. The SMILES string of the molecule is Cc1nc(CNC(=O)C(NC(=O)Cc2ccccc2)C(C)C)oc1C. The monoisotopic (exact) mass is 343 g/mol. The summed E-state index contributed by atoms with van der Waals surface area (Å²) in [4.78, 5) is 28.9. The molecule has 6 heteroatoms. The first-order valence-corrected chi connectivity index (χ1v) is 8.40. The summed E-state index contributed by atoms with van der Waals surface area (Å²) in [5.41, 5.74) is 1.72. The molecule has 2 amide bonds. The van der Waals surface area contributed by atoms with Gasteiger partial charge in [-0.15, -0.1) is 0 Å². The van der Waals surface area contributed by atoms with Crippen LogP contribution in [0, 0.1) is 19.8 Å². The van der Waals surface area contributed by atoms with Gasteiger partial charge >= 0.3 is 0 Å². The third kappa shape index (κ3) is 5.45. The molecule has 25 heavy (non-hydrogen) atoms. The second-order valence-corrected chi connectivity index (χ2v) is 6.42. The fraction of sp³-hybridized carbons (Fsp3) is 0.421. The molecule has 0 spiro atoms. The van der Waals surface area contributed by atoms with Crippen LogP contribution in [0.1, 0.15) is 36.8 Å². The van der Waals surface area contributed by atoms with E-state index in [-0.39, 0.29) is 30.7 Å². The zero-order valence-electron chi connectivity index (χ0n) is 15.1. The molecule has 134 valence electrons. The lowest BCUT2D eigenvalue weighted by Crippen LogP contribution is -2.49. The van der Waals surface area contributed by atoms with Gasteiger partial charge in [0.1, 0.15) is 11.8 Å². The van der Waals surface area contributed by atoms with Crippen LogP contribution in [0.2, 0.25) is 0 Å². The van der Waals surface area contributed by atoms with Crippen LogP contribution >= 0.6 is 0 Å². The molecule has 2 rings (SSSR count). The Hall–Kier alpha value is -2.63. The largest absolute Gasteiger partial charge is 0.444 e. The zero-order valence-corrected chi connectivity index (χ0v) is 15.1. The number of benzene rings is 1. The minimum Gasteiger partial charge on any atom is -0.444 e. The number of hydrogen-bond donors (Lipinski definition) is 2. The predicted molar refractivity (Wildman–Crippen MR) is 94.7 cm³/mol. The second kappa shape index (κ2) is 8.46. The molecule has 1 heterocycles. The summed E-state index contributed by atoms with van der Waals surface area (Å²) >= 11 is 0. The van der Waals surface area contributed by atoms with Crippen LogP contribution in [0.3, 0.4) is 0 Å². The van der Waals surface area contributed by atoms with Crippen LogP contribution in [0.25, 0.3) is 0 Å². The maximum atomic E-state index is 12.4. The highest BCUT2D eigenvalue weighted by molar-refractivity contribution is 5.88. The van der Waals surface area contributed by atoms with Crippen molar-refractivity contribution in [2.45, 2.75) is 46.7 Å². The Bertz CT molecular complexity index is 703. The molecule has 0 fully saturated rings. The third-order valence-corrected chi connectivity index (χ3v) is 3.96. The van der Waals surface area contributed by atoms with E-state index in [1.54, 1.807) is 0 Å². The van der Waals surface area contributed by atoms with Crippen LogP contribution in [0.15, 0.2) is 34.7 Å². The van der Waals surface area contributed by atoms with Gasteiger partial charge in [0, 0.05) is 0 Å². The van der Waals surface area contributed by atoms with E-state index < -0.39 is 6.04 Å². The van der Waals surface area contributed by atoms with Crippen molar-refractivity contribution in [2.75, 3.05) is 0 Å². The third-order valence-electron chi connectivity index (χ3n) is 3.96. The van der Waals surface area contributed by atoms with E-state index in [2.05, 4.69) is 15.6 Å². The fourth-order valence-corrected chi connectivity index (χ4v) is 2.43. The van der Waals surface area contributed by atoms with E-state index in [9.17, 15) is 9.59 Å². The summed E-state index contributed by atoms with van der Waals surface area (Å²) in [7, 11) is 0. The standard InChI is InChI=1S/C19H25N3O3/c1-12(2)18(22-16(23)10-15-8-6-5-7-9-15)19(24)20-11-17-21-13(3)14(4)25-17/h5-9,12,18H,10-11H2,1-4H3,(H,20,24)(H,22,23). The van der Waals surface area contributed by atoms with Crippen LogP contribution in [0.4, 0.5) is 0 Å². The minimum atomic E-state index is -0.603. The number of nitrogens with one attached hydrogen (secondary N) is 2. The molecule has 0 saturated carbocycles. The van der Waals surface area contributed by atoms with Crippen molar-refractivity contribution >= 4 is 11.8 Å². The van der Waals surface area contributed by atoms with E-state index in [0.29, 0.717) is 5.89 Å². The highest BCUT2D eigenvalue weighted by Gasteiger charge is 2.24. The lowest BCUT2D eigenvalue weighted by molar-refractivity contribution is -0.129. The molecule has 0 bridgehead atoms. The summed E-state index contributed by atoms with van der Waals surface area (Å²) < 4.78 is 5.45. The second-order valence-electron chi connectivity index (χ2n) is 6.42. The molecule has 0 aliphatic carbocycles. The first-order chi connectivity index (χ1) is 11.9. The Morgan fingerprint density at radius 2 is 1.84 bits per heavy atom. The van der Waals surface area contributed by atoms with Crippen molar-refractivity contribution in [3.05, 3.63) is 53.2 Å². The van der Waals surface area contributed by atoms with Gasteiger partial charge in [0.25, 0.3) is 0 Å². The summed E-state index contributed by atoms with van der Waals surface area (Å²) in [6, 6.07) is 8.84. The average Bonchev–Trinajstić information content (AvgIpc) is 2.89. The summed E-state index contributed by atoms with van der Waals surface area (Å²) in [6.45, 7) is 7.67. The summed E-state index contributed by atoms with van der Waals surface area (Å²) in [5.74, 6) is 0.739. The van der Waals surface area contributed by atoms with Gasteiger partial charge in [0.05, 0.1) is 18.7 Å². The Morgan fingerprint density at radius 3 is 2.40 bits per heavy atom. The molecule has 2 aromatic rings. The summed E-state index contributed by atoms with van der Waals surface area (Å²) in [6.07, 6.45) is 0.246. The van der Waals surface area contributed by atoms with E-state index in [1.165, 1.54) is 0 Å². The number of carbonyl (C=O) groups excluding carboxylic acids is 2. The van der Waals surface area contributed by atoms with Gasteiger partial charge in [-0.3, -0.25) is 9.59 Å². The lowest BCUT2D eigenvalue weighted by Gasteiger charge is -2.21. The molecule has 0 aliphatic heterocycles. The lowest BCUT2D eigenvalue weighted by atomic mass is 10.0. The first kappa shape index (κ1) is 18.7. The molecule has 0 aliphatic rings. The van der Waals surface area contributed by atoms with Crippen molar-refractivity contribution in [1.29, 1.82) is 0 Å². The van der Waals surface area contributed by atoms with Crippen molar-refractivity contribution in [2.24, 2.45) is 5.92 Å². The maximum absolute atomic E-state index is 12.4. The number of carbonyl (C=O) groups is 2. The molecule has 1 atom stereocenters. The number of oxazole rings is 1. The van der Waals surface area contributed by atoms with Gasteiger partial charge in [-0.1, -0.05) is 44.2 Å². The molecule has 0 saturated heterocycles. The normalized spacial score (nSPS) is 12.0. The van der Waals surface area contributed by atoms with Gasteiger partial charge in [0.2, 0.25) is 17.7 Å². The topological polar surface area (TPSA) is 84.2 Å². The van der Waals surface area contributed by atoms with Crippen LogP contribution in [0.5, 0.6) is 0 Å². The van der Waals surface area contributed by atoms with E-state index in [0.717, 1.165) is 17.0 Å². The fourth-order valence-electron chi connectivity index (χ4n) is 2.43. The van der Waals surface area contributed by atoms with Gasteiger partial charge in [-0.2, -0.15) is 0 Å². The highest BCUT2D eigenvalue weighted by Crippen LogP contribution is 2.09. The maximum Gasteiger partial charge on any atom is 0.243 e. The Kier molecular flexibility index (Phi) is 6.33. The highest BCUT2D eigenvalue weighted by atomic mass is 16.4. The Balaban J connectivity index is 1.92. The number of rotatable bonds is 7. The molecule has 0 radical (unpaired) electrons. The van der Waals surface area contributed by atoms with Crippen LogP contribution in [-0.4, -0.2) is 22.8 Å². The number of amides is 2.